The highest BCUT2D eigenvalue weighted by molar-refractivity contribution is 6.42. The topological polar surface area (TPSA) is 55.1 Å². The van der Waals surface area contributed by atoms with Gasteiger partial charge in [-0.15, -0.1) is 0 Å². The largest absolute Gasteiger partial charge is 0.338 e. The number of hydrogen-bond acceptors (Lipinski definition) is 4. The number of hydrogen-bond donors (Lipinski definition) is 1. The molecule has 0 unspecified atom stereocenters. The number of rotatable bonds is 4. The van der Waals surface area contributed by atoms with Crippen LogP contribution in [0.4, 0.5) is 5.88 Å². The van der Waals surface area contributed by atoms with Gasteiger partial charge in [0.1, 0.15) is 0 Å². The number of anilines is 1. The van der Waals surface area contributed by atoms with Crippen molar-refractivity contribution in [3.8, 4) is 0 Å². The molecule has 2 aromatic rings. The Morgan fingerprint density at radius 3 is 2.74 bits per heavy atom. The number of halogens is 2. The molecule has 6 heteroatoms. The summed E-state index contributed by atoms with van der Waals surface area (Å²) in [5.41, 5.74) is 1.22. The first-order chi connectivity index (χ1) is 9.06. The Hall–Kier alpha value is -1.78. The fourth-order valence-corrected chi connectivity index (χ4v) is 1.67. The van der Waals surface area contributed by atoms with Gasteiger partial charge in [-0.1, -0.05) is 28.4 Å². The number of nitrogens with one attached hydrogen (secondary N) is 1. The van der Waals surface area contributed by atoms with Gasteiger partial charge in [0.2, 0.25) is 5.88 Å². The number of nitrogens with zero attached hydrogens (tertiary/aromatic N) is 1. The van der Waals surface area contributed by atoms with Crippen molar-refractivity contribution in [2.45, 2.75) is 6.92 Å². The molecule has 1 heterocycles. The van der Waals surface area contributed by atoms with Crippen LogP contribution in [0, 0.1) is 6.92 Å². The minimum Gasteiger partial charge on any atom is -0.338 e. The molecular weight excluding hydrogens is 287 g/mol. The number of aromatic nitrogens is 1. The zero-order valence-electron chi connectivity index (χ0n) is 9.98. The number of aryl methyl sites for hydroxylation is 1. The average Bonchev–Trinajstić information content (AvgIpc) is 2.78. The van der Waals surface area contributed by atoms with Crippen molar-refractivity contribution in [1.29, 1.82) is 0 Å². The molecule has 4 nitrogen and oxygen atoms in total. The predicted molar refractivity (Wildman–Crippen MR) is 74.8 cm³/mol. The lowest BCUT2D eigenvalue weighted by molar-refractivity contribution is 0.104. The molecule has 98 valence electrons. The van der Waals surface area contributed by atoms with Crippen molar-refractivity contribution < 1.29 is 9.32 Å². The molecule has 0 fully saturated rings. The molecule has 0 radical (unpaired) electrons. The van der Waals surface area contributed by atoms with Crippen LogP contribution < -0.4 is 5.32 Å². The molecule has 1 aromatic heterocycles. The van der Waals surface area contributed by atoms with Crippen LogP contribution in [0.1, 0.15) is 16.1 Å². The molecule has 0 amide bonds. The van der Waals surface area contributed by atoms with Crippen LogP contribution >= 0.6 is 23.2 Å². The van der Waals surface area contributed by atoms with Gasteiger partial charge in [0, 0.05) is 23.9 Å². The van der Waals surface area contributed by atoms with Crippen LogP contribution in [0.25, 0.3) is 0 Å². The molecule has 0 bridgehead atoms. The van der Waals surface area contributed by atoms with Crippen LogP contribution in [-0.2, 0) is 0 Å². The fraction of sp³-hybridized carbons (Fsp3) is 0.0769. The monoisotopic (exact) mass is 296 g/mol. The first-order valence-electron chi connectivity index (χ1n) is 5.42. The molecule has 2 rings (SSSR count). The molecular formula is C13H10Cl2N2O2. The number of allylic oxidation sites excluding steroid dienone is 1. The standard InChI is InChI=1S/C13H10Cl2N2O2/c1-8-6-13(19-17-8)16-5-4-12(18)9-2-3-10(14)11(15)7-9/h2-7,16H,1H3. The Kier molecular flexibility index (Phi) is 4.24. The molecule has 0 aliphatic carbocycles. The fourth-order valence-electron chi connectivity index (χ4n) is 1.38. The lowest BCUT2D eigenvalue weighted by Gasteiger charge is -1.99. The van der Waals surface area contributed by atoms with Crippen molar-refractivity contribution in [1.82, 2.24) is 5.16 Å². The quantitative estimate of drug-likeness (QED) is 0.682. The molecule has 0 atom stereocenters. The summed E-state index contributed by atoms with van der Waals surface area (Å²) in [6, 6.07) is 6.43. The third-order valence-corrected chi connectivity index (χ3v) is 3.03. The van der Waals surface area contributed by atoms with Gasteiger partial charge < -0.3 is 9.84 Å². The van der Waals surface area contributed by atoms with E-state index in [0.717, 1.165) is 5.69 Å². The highest BCUT2D eigenvalue weighted by atomic mass is 35.5. The maximum Gasteiger partial charge on any atom is 0.228 e. The van der Waals surface area contributed by atoms with Gasteiger partial charge >= 0.3 is 0 Å². The summed E-state index contributed by atoms with van der Waals surface area (Å²) in [6.45, 7) is 1.80. The van der Waals surface area contributed by atoms with Gasteiger partial charge in [-0.3, -0.25) is 4.79 Å². The van der Waals surface area contributed by atoms with E-state index < -0.39 is 0 Å². The minimum atomic E-state index is -0.192. The van der Waals surface area contributed by atoms with Crippen molar-refractivity contribution in [2.75, 3.05) is 5.32 Å². The van der Waals surface area contributed by atoms with E-state index >= 15 is 0 Å². The average molecular weight is 297 g/mol. The predicted octanol–water partition coefficient (Wildman–Crippen LogP) is 4.10. The number of carbonyl (C=O) groups is 1. The van der Waals surface area contributed by atoms with Crippen molar-refractivity contribution in [2.24, 2.45) is 0 Å². The molecule has 0 aliphatic heterocycles. The number of carbonyl (C=O) groups excluding carboxylic acids is 1. The van der Waals surface area contributed by atoms with Gasteiger partial charge in [-0.25, -0.2) is 0 Å². The zero-order chi connectivity index (χ0) is 13.8. The summed E-state index contributed by atoms with van der Waals surface area (Å²) in [6.07, 6.45) is 2.85. The lowest BCUT2D eigenvalue weighted by Crippen LogP contribution is -1.96. The van der Waals surface area contributed by atoms with Crippen molar-refractivity contribution >= 4 is 34.9 Å². The summed E-state index contributed by atoms with van der Waals surface area (Å²) < 4.78 is 4.92. The highest BCUT2D eigenvalue weighted by Crippen LogP contribution is 2.22. The summed E-state index contributed by atoms with van der Waals surface area (Å²) in [5, 5.41) is 7.27. The Balaban J connectivity index is 2.02. The molecule has 0 aliphatic rings. The van der Waals surface area contributed by atoms with Gasteiger partial charge in [-0.05, 0) is 25.1 Å². The Morgan fingerprint density at radius 2 is 2.11 bits per heavy atom. The van der Waals surface area contributed by atoms with Gasteiger partial charge in [-0.2, -0.15) is 0 Å². The van der Waals surface area contributed by atoms with E-state index in [-0.39, 0.29) is 5.78 Å². The van der Waals surface area contributed by atoms with E-state index in [0.29, 0.717) is 21.5 Å². The van der Waals surface area contributed by atoms with Gasteiger partial charge in [0.15, 0.2) is 5.78 Å². The first kappa shape index (κ1) is 13.6. The van der Waals surface area contributed by atoms with Crippen LogP contribution in [0.3, 0.4) is 0 Å². The maximum absolute atomic E-state index is 11.8. The Morgan fingerprint density at radius 1 is 1.32 bits per heavy atom. The van der Waals surface area contributed by atoms with Crippen LogP contribution in [-0.4, -0.2) is 10.9 Å². The maximum atomic E-state index is 11.8. The van der Waals surface area contributed by atoms with E-state index in [9.17, 15) is 4.79 Å². The highest BCUT2D eigenvalue weighted by Gasteiger charge is 2.05. The van der Waals surface area contributed by atoms with Crippen molar-refractivity contribution in [3.05, 3.63) is 57.8 Å². The second-order valence-electron chi connectivity index (χ2n) is 3.80. The summed E-state index contributed by atoms with van der Waals surface area (Å²) >= 11 is 11.6. The smallest absolute Gasteiger partial charge is 0.228 e. The van der Waals surface area contributed by atoms with E-state index in [1.165, 1.54) is 18.3 Å². The van der Waals surface area contributed by atoms with Gasteiger partial charge in [0.25, 0.3) is 0 Å². The Bertz CT molecular complexity index is 635. The van der Waals surface area contributed by atoms with E-state index in [2.05, 4.69) is 10.5 Å². The minimum absolute atomic E-state index is 0.192. The Labute approximate surface area is 120 Å². The summed E-state index contributed by atoms with van der Waals surface area (Å²) in [4.78, 5) is 11.8. The SMILES string of the molecule is Cc1cc(NC=CC(=O)c2ccc(Cl)c(Cl)c2)on1. The van der Waals surface area contributed by atoms with Crippen LogP contribution in [0.5, 0.6) is 0 Å². The normalized spacial score (nSPS) is 10.9. The van der Waals surface area contributed by atoms with Crippen molar-refractivity contribution in [3.63, 3.8) is 0 Å². The first-order valence-corrected chi connectivity index (χ1v) is 6.17. The molecule has 1 aromatic carbocycles. The zero-order valence-corrected chi connectivity index (χ0v) is 11.5. The molecule has 0 saturated carbocycles. The molecule has 19 heavy (non-hydrogen) atoms. The second kappa shape index (κ2) is 5.91. The van der Waals surface area contributed by atoms with Gasteiger partial charge in [0.05, 0.1) is 15.7 Å². The molecule has 0 saturated heterocycles. The third-order valence-electron chi connectivity index (χ3n) is 2.29. The lowest BCUT2D eigenvalue weighted by atomic mass is 10.1. The van der Waals surface area contributed by atoms with E-state index in [1.807, 2.05) is 0 Å². The number of benzene rings is 1. The van der Waals surface area contributed by atoms with Crippen LogP contribution in [0.15, 0.2) is 41.1 Å². The van der Waals surface area contributed by atoms with Crippen LogP contribution in [0.2, 0.25) is 10.0 Å². The number of ketones is 1. The van der Waals surface area contributed by atoms with E-state index in [4.69, 9.17) is 27.7 Å². The molecule has 1 N–H and O–H groups in total. The molecule has 0 spiro atoms. The second-order valence-corrected chi connectivity index (χ2v) is 4.62. The third kappa shape index (κ3) is 3.59. The van der Waals surface area contributed by atoms with E-state index in [1.54, 1.807) is 25.1 Å². The summed E-state index contributed by atoms with van der Waals surface area (Å²) in [5.74, 6) is 0.276. The summed E-state index contributed by atoms with van der Waals surface area (Å²) in [7, 11) is 0.